The van der Waals surface area contributed by atoms with E-state index < -0.39 is 0 Å². The first-order valence-electron chi connectivity index (χ1n) is 5.66. The van der Waals surface area contributed by atoms with Crippen LogP contribution < -0.4 is 10.6 Å². The molecule has 0 radical (unpaired) electrons. The summed E-state index contributed by atoms with van der Waals surface area (Å²) in [5, 5.41) is 14.3. The number of aliphatic hydroxyl groups excluding tert-OH is 1. The van der Waals surface area contributed by atoms with Crippen LogP contribution in [0.25, 0.3) is 0 Å². The summed E-state index contributed by atoms with van der Waals surface area (Å²) in [4.78, 5) is 11.3. The second-order valence-corrected chi connectivity index (χ2v) is 4.64. The lowest BCUT2D eigenvalue weighted by atomic mass is 10.1. The molecular weight excluding hydrogens is 208 g/mol. The van der Waals surface area contributed by atoms with E-state index >= 15 is 0 Å². The van der Waals surface area contributed by atoms with Crippen LogP contribution >= 0.6 is 0 Å². The van der Waals surface area contributed by atoms with Crippen LogP contribution in [0.15, 0.2) is 0 Å². The fraction of sp³-hybridized carbons (Fsp3) is 0.909. The molecule has 0 aliphatic heterocycles. The normalized spacial score (nSPS) is 11.5. The monoisotopic (exact) mass is 232 g/mol. The molecule has 0 aliphatic carbocycles. The first-order chi connectivity index (χ1) is 7.45. The summed E-state index contributed by atoms with van der Waals surface area (Å²) in [6.07, 6.45) is 0.765. The third kappa shape index (κ3) is 11.4. The topological polar surface area (TPSA) is 70.6 Å². The minimum atomic E-state index is -0.0401. The molecule has 0 rings (SSSR count). The van der Waals surface area contributed by atoms with Crippen LogP contribution in [0, 0.1) is 0 Å². The molecule has 0 atom stereocenters. The Morgan fingerprint density at radius 2 is 2.00 bits per heavy atom. The van der Waals surface area contributed by atoms with Gasteiger partial charge < -0.3 is 20.5 Å². The summed E-state index contributed by atoms with van der Waals surface area (Å²) in [6, 6.07) is 0. The number of hydrogen-bond donors (Lipinski definition) is 3. The van der Waals surface area contributed by atoms with Crippen molar-refractivity contribution in [2.24, 2.45) is 0 Å². The summed E-state index contributed by atoms with van der Waals surface area (Å²) in [5.74, 6) is -0.00270. The fourth-order valence-electron chi connectivity index (χ4n) is 0.977. The molecule has 0 unspecified atom stereocenters. The van der Waals surface area contributed by atoms with Gasteiger partial charge in [-0.15, -0.1) is 0 Å². The smallest absolute Gasteiger partial charge is 0.233 e. The molecule has 3 N–H and O–H groups in total. The van der Waals surface area contributed by atoms with Crippen LogP contribution in [0.1, 0.15) is 27.2 Å². The molecule has 0 aromatic carbocycles. The van der Waals surface area contributed by atoms with Gasteiger partial charge in [0.05, 0.1) is 19.8 Å². The third-order valence-corrected chi connectivity index (χ3v) is 1.80. The highest BCUT2D eigenvalue weighted by Gasteiger charge is 2.10. The zero-order valence-electron chi connectivity index (χ0n) is 10.5. The van der Waals surface area contributed by atoms with Gasteiger partial charge in [-0.1, -0.05) is 0 Å². The Kier molecular flexibility index (Phi) is 8.15. The second-order valence-electron chi connectivity index (χ2n) is 4.64. The number of hydrogen-bond acceptors (Lipinski definition) is 4. The summed E-state index contributed by atoms with van der Waals surface area (Å²) in [6.45, 7) is 7.96. The highest BCUT2D eigenvalue weighted by molar-refractivity contribution is 5.78. The summed E-state index contributed by atoms with van der Waals surface area (Å²) in [7, 11) is 0. The molecule has 0 aromatic rings. The fourth-order valence-corrected chi connectivity index (χ4v) is 0.977. The zero-order valence-corrected chi connectivity index (χ0v) is 10.5. The van der Waals surface area contributed by atoms with Crippen molar-refractivity contribution in [1.29, 1.82) is 0 Å². The summed E-state index contributed by atoms with van der Waals surface area (Å²) in [5.41, 5.74) is -0.0401. The molecule has 1 amide bonds. The molecule has 0 saturated heterocycles. The molecule has 5 heteroatoms. The van der Waals surface area contributed by atoms with Gasteiger partial charge in [-0.25, -0.2) is 0 Å². The SMILES string of the molecule is CC(C)(C)NCC(=O)NCCCOCCO. The molecule has 0 bridgehead atoms. The quantitative estimate of drug-likeness (QED) is 0.511. The van der Waals surface area contributed by atoms with Gasteiger partial charge in [-0.3, -0.25) is 4.79 Å². The largest absolute Gasteiger partial charge is 0.394 e. The Bertz CT molecular complexity index is 190. The molecule has 96 valence electrons. The predicted octanol–water partition coefficient (Wildman–Crippen LogP) is -0.110. The van der Waals surface area contributed by atoms with E-state index in [1.54, 1.807) is 0 Å². The van der Waals surface area contributed by atoms with E-state index in [0.717, 1.165) is 6.42 Å². The Labute approximate surface area is 97.6 Å². The molecule has 0 fully saturated rings. The van der Waals surface area contributed by atoms with Gasteiger partial charge in [0.25, 0.3) is 0 Å². The molecule has 0 spiro atoms. The van der Waals surface area contributed by atoms with Gasteiger partial charge in [-0.05, 0) is 27.2 Å². The average Bonchev–Trinajstić information content (AvgIpc) is 2.19. The Balaban J connectivity index is 3.31. The van der Waals surface area contributed by atoms with Crippen LogP contribution in [0.5, 0.6) is 0 Å². The van der Waals surface area contributed by atoms with Crippen molar-refractivity contribution >= 4 is 5.91 Å². The first-order valence-corrected chi connectivity index (χ1v) is 5.66. The lowest BCUT2D eigenvalue weighted by Gasteiger charge is -2.19. The lowest BCUT2D eigenvalue weighted by Crippen LogP contribution is -2.43. The van der Waals surface area contributed by atoms with Crippen molar-refractivity contribution in [2.45, 2.75) is 32.7 Å². The maximum Gasteiger partial charge on any atom is 0.233 e. The van der Waals surface area contributed by atoms with E-state index in [4.69, 9.17) is 9.84 Å². The molecule has 5 nitrogen and oxygen atoms in total. The van der Waals surface area contributed by atoms with Gasteiger partial charge in [0.2, 0.25) is 5.91 Å². The molecule has 0 saturated carbocycles. The van der Waals surface area contributed by atoms with Crippen LogP contribution in [0.2, 0.25) is 0 Å². The molecule has 0 heterocycles. The van der Waals surface area contributed by atoms with Crippen molar-refractivity contribution in [1.82, 2.24) is 10.6 Å². The van der Waals surface area contributed by atoms with Crippen molar-refractivity contribution in [3.05, 3.63) is 0 Å². The predicted molar refractivity (Wildman–Crippen MR) is 63.3 cm³/mol. The third-order valence-electron chi connectivity index (χ3n) is 1.80. The minimum Gasteiger partial charge on any atom is -0.394 e. The Morgan fingerprint density at radius 1 is 1.31 bits per heavy atom. The maximum atomic E-state index is 11.3. The number of ether oxygens (including phenoxy) is 1. The summed E-state index contributed by atoms with van der Waals surface area (Å²) < 4.78 is 5.06. The van der Waals surface area contributed by atoms with E-state index in [9.17, 15) is 4.79 Å². The van der Waals surface area contributed by atoms with Crippen LogP contribution in [-0.4, -0.2) is 49.5 Å². The second kappa shape index (κ2) is 8.50. The minimum absolute atomic E-state index is 0.00270. The van der Waals surface area contributed by atoms with Gasteiger partial charge in [0, 0.05) is 18.7 Å². The number of aliphatic hydroxyl groups is 1. The number of carbonyl (C=O) groups is 1. The van der Waals surface area contributed by atoms with Gasteiger partial charge in [0.1, 0.15) is 0 Å². The highest BCUT2D eigenvalue weighted by atomic mass is 16.5. The number of amides is 1. The van der Waals surface area contributed by atoms with Gasteiger partial charge in [-0.2, -0.15) is 0 Å². The molecular formula is C11H24N2O3. The van der Waals surface area contributed by atoms with Crippen molar-refractivity contribution in [3.63, 3.8) is 0 Å². The summed E-state index contributed by atoms with van der Waals surface area (Å²) >= 11 is 0. The molecule has 0 aromatic heterocycles. The number of rotatable bonds is 8. The standard InChI is InChI=1S/C11H24N2O3/c1-11(2,3)13-9-10(15)12-5-4-7-16-8-6-14/h13-14H,4-9H2,1-3H3,(H,12,15). The first kappa shape index (κ1) is 15.3. The number of nitrogens with one attached hydrogen (secondary N) is 2. The van der Waals surface area contributed by atoms with E-state index in [1.807, 2.05) is 20.8 Å². The van der Waals surface area contributed by atoms with Crippen molar-refractivity contribution in [2.75, 3.05) is 32.9 Å². The Morgan fingerprint density at radius 3 is 2.56 bits per heavy atom. The van der Waals surface area contributed by atoms with E-state index in [1.165, 1.54) is 0 Å². The van der Waals surface area contributed by atoms with Gasteiger partial charge in [0.15, 0.2) is 0 Å². The lowest BCUT2D eigenvalue weighted by molar-refractivity contribution is -0.120. The van der Waals surface area contributed by atoms with Crippen molar-refractivity contribution < 1.29 is 14.6 Å². The number of carbonyl (C=O) groups excluding carboxylic acids is 1. The molecule has 16 heavy (non-hydrogen) atoms. The van der Waals surface area contributed by atoms with E-state index in [2.05, 4.69) is 10.6 Å². The average molecular weight is 232 g/mol. The van der Waals surface area contributed by atoms with Crippen molar-refractivity contribution in [3.8, 4) is 0 Å². The van der Waals surface area contributed by atoms with Crippen LogP contribution in [-0.2, 0) is 9.53 Å². The molecule has 0 aliphatic rings. The highest BCUT2D eigenvalue weighted by Crippen LogP contribution is 1.96. The van der Waals surface area contributed by atoms with E-state index in [0.29, 0.717) is 26.3 Å². The zero-order chi connectivity index (χ0) is 12.4. The Hall–Kier alpha value is -0.650. The maximum absolute atomic E-state index is 11.3. The van der Waals surface area contributed by atoms with Crippen LogP contribution in [0.4, 0.5) is 0 Å². The van der Waals surface area contributed by atoms with Crippen LogP contribution in [0.3, 0.4) is 0 Å². The van der Waals surface area contributed by atoms with E-state index in [-0.39, 0.29) is 18.1 Å². The van der Waals surface area contributed by atoms with Gasteiger partial charge >= 0.3 is 0 Å².